The van der Waals surface area contributed by atoms with Gasteiger partial charge in [-0.25, -0.2) is 0 Å². The molecule has 0 atom stereocenters. The summed E-state index contributed by atoms with van der Waals surface area (Å²) in [4.78, 5) is 28.4. The van der Waals surface area contributed by atoms with Gasteiger partial charge in [0, 0.05) is 30.4 Å². The van der Waals surface area contributed by atoms with E-state index in [1.807, 2.05) is 17.0 Å². The fourth-order valence-corrected chi connectivity index (χ4v) is 5.17. The third-order valence-electron chi connectivity index (χ3n) is 4.96. The summed E-state index contributed by atoms with van der Waals surface area (Å²) in [6.07, 6.45) is 2.71. The van der Waals surface area contributed by atoms with E-state index in [2.05, 4.69) is 21.7 Å². The van der Waals surface area contributed by atoms with Crippen LogP contribution in [-0.2, 0) is 22.5 Å². The number of nitrogens with zero attached hydrogens (tertiary/aromatic N) is 4. The minimum absolute atomic E-state index is 0.0682. The highest BCUT2D eigenvalue weighted by Crippen LogP contribution is 2.40. The SMILES string of the molecule is CCn1c(SCC(=O)c2ccc(CC(=O)N3CCOCC3)s2)nnc1C1CC1. The van der Waals surface area contributed by atoms with Crippen LogP contribution in [0.1, 0.15) is 46.1 Å². The molecule has 0 radical (unpaired) electrons. The molecule has 0 N–H and O–H groups in total. The lowest BCUT2D eigenvalue weighted by Crippen LogP contribution is -2.41. The highest BCUT2D eigenvalue weighted by molar-refractivity contribution is 7.99. The number of hydrogen-bond donors (Lipinski definition) is 0. The van der Waals surface area contributed by atoms with Crippen LogP contribution in [0.5, 0.6) is 0 Å². The Morgan fingerprint density at radius 3 is 2.75 bits per heavy atom. The molecule has 1 aliphatic carbocycles. The third kappa shape index (κ3) is 4.47. The molecule has 0 aromatic carbocycles. The molecule has 1 saturated heterocycles. The van der Waals surface area contributed by atoms with Gasteiger partial charge in [-0.1, -0.05) is 11.8 Å². The average molecular weight is 421 g/mol. The van der Waals surface area contributed by atoms with Crippen LogP contribution in [0.3, 0.4) is 0 Å². The van der Waals surface area contributed by atoms with Gasteiger partial charge in [-0.05, 0) is 31.9 Å². The molecule has 0 spiro atoms. The van der Waals surface area contributed by atoms with Crippen LogP contribution in [0, 0.1) is 0 Å². The Balaban J connectivity index is 1.32. The number of thiophene rings is 1. The maximum Gasteiger partial charge on any atom is 0.227 e. The van der Waals surface area contributed by atoms with Crippen molar-refractivity contribution in [1.29, 1.82) is 0 Å². The number of amides is 1. The second kappa shape index (κ2) is 8.75. The Labute approximate surface area is 172 Å². The molecular weight excluding hydrogens is 396 g/mol. The number of carbonyl (C=O) groups excluding carboxylic acids is 2. The van der Waals surface area contributed by atoms with E-state index in [4.69, 9.17) is 4.74 Å². The van der Waals surface area contributed by atoms with E-state index in [0.717, 1.165) is 22.4 Å². The standard InChI is InChI=1S/C19H24N4O3S2/c1-2-23-18(13-3-4-13)20-21-19(23)27-12-15(24)16-6-5-14(28-16)11-17(25)22-7-9-26-10-8-22/h5-6,13H,2-4,7-12H2,1H3. The molecule has 2 aliphatic rings. The Morgan fingerprint density at radius 2 is 2.04 bits per heavy atom. The van der Waals surface area contributed by atoms with E-state index >= 15 is 0 Å². The van der Waals surface area contributed by atoms with Gasteiger partial charge in [0.2, 0.25) is 5.91 Å². The minimum Gasteiger partial charge on any atom is -0.378 e. The third-order valence-corrected chi connectivity index (χ3v) is 7.06. The summed E-state index contributed by atoms with van der Waals surface area (Å²) in [5.74, 6) is 2.10. The van der Waals surface area contributed by atoms with Crippen molar-refractivity contribution in [3.63, 3.8) is 0 Å². The summed E-state index contributed by atoms with van der Waals surface area (Å²) >= 11 is 2.86. The number of aromatic nitrogens is 3. The smallest absolute Gasteiger partial charge is 0.227 e. The van der Waals surface area contributed by atoms with E-state index in [9.17, 15) is 9.59 Å². The molecule has 2 aromatic rings. The van der Waals surface area contributed by atoms with Gasteiger partial charge in [0.05, 0.1) is 30.3 Å². The number of thioether (sulfide) groups is 1. The number of morpholine rings is 1. The summed E-state index contributed by atoms with van der Waals surface area (Å²) in [7, 11) is 0. The lowest BCUT2D eigenvalue weighted by atomic mass is 10.3. The topological polar surface area (TPSA) is 77.3 Å². The zero-order valence-electron chi connectivity index (χ0n) is 15.9. The van der Waals surface area contributed by atoms with Gasteiger partial charge >= 0.3 is 0 Å². The second-order valence-electron chi connectivity index (χ2n) is 7.01. The number of carbonyl (C=O) groups is 2. The fraction of sp³-hybridized carbons (Fsp3) is 0.579. The van der Waals surface area contributed by atoms with Crippen LogP contribution in [-0.4, -0.2) is 63.4 Å². The Kier molecular flexibility index (Phi) is 6.13. The quantitative estimate of drug-likeness (QED) is 0.483. The van der Waals surface area contributed by atoms with Crippen LogP contribution in [0.15, 0.2) is 17.3 Å². The van der Waals surface area contributed by atoms with Crippen molar-refractivity contribution in [2.75, 3.05) is 32.1 Å². The van der Waals surface area contributed by atoms with Crippen LogP contribution in [0.4, 0.5) is 0 Å². The van der Waals surface area contributed by atoms with E-state index in [1.165, 1.54) is 35.9 Å². The summed E-state index contributed by atoms with van der Waals surface area (Å²) in [5, 5.41) is 9.41. The number of ketones is 1. The summed E-state index contributed by atoms with van der Waals surface area (Å²) in [5.41, 5.74) is 0. The van der Waals surface area contributed by atoms with Crippen molar-refractivity contribution >= 4 is 34.8 Å². The van der Waals surface area contributed by atoms with Gasteiger partial charge in [-0.15, -0.1) is 21.5 Å². The van der Waals surface area contributed by atoms with Crippen LogP contribution >= 0.6 is 23.1 Å². The predicted molar refractivity (Wildman–Crippen MR) is 108 cm³/mol. The molecule has 1 saturated carbocycles. The molecule has 1 amide bonds. The summed E-state index contributed by atoms with van der Waals surface area (Å²) in [6.45, 7) is 5.39. The van der Waals surface area contributed by atoms with Gasteiger partial charge in [0.15, 0.2) is 10.9 Å². The zero-order chi connectivity index (χ0) is 19.5. The molecule has 28 heavy (non-hydrogen) atoms. The highest BCUT2D eigenvalue weighted by Gasteiger charge is 2.30. The summed E-state index contributed by atoms with van der Waals surface area (Å²) in [6, 6.07) is 3.72. The van der Waals surface area contributed by atoms with Crippen molar-refractivity contribution < 1.29 is 14.3 Å². The number of ether oxygens (including phenoxy) is 1. The summed E-state index contributed by atoms with van der Waals surface area (Å²) < 4.78 is 7.41. The maximum absolute atomic E-state index is 12.6. The van der Waals surface area contributed by atoms with Crippen molar-refractivity contribution in [2.24, 2.45) is 0 Å². The first-order valence-corrected chi connectivity index (χ1v) is 11.5. The minimum atomic E-state index is 0.0682. The lowest BCUT2D eigenvalue weighted by Gasteiger charge is -2.26. The molecule has 3 heterocycles. The second-order valence-corrected chi connectivity index (χ2v) is 9.12. The first kappa shape index (κ1) is 19.6. The molecule has 2 fully saturated rings. The fourth-order valence-electron chi connectivity index (χ4n) is 3.25. The van der Waals surface area contributed by atoms with Gasteiger partial charge in [-0.2, -0.15) is 0 Å². The van der Waals surface area contributed by atoms with Crippen molar-refractivity contribution in [3.8, 4) is 0 Å². The van der Waals surface area contributed by atoms with Crippen LogP contribution < -0.4 is 0 Å². The zero-order valence-corrected chi connectivity index (χ0v) is 17.6. The van der Waals surface area contributed by atoms with Crippen molar-refractivity contribution in [1.82, 2.24) is 19.7 Å². The van der Waals surface area contributed by atoms with Crippen molar-refractivity contribution in [3.05, 3.63) is 27.7 Å². The number of rotatable bonds is 8. The molecule has 1 aliphatic heterocycles. The van der Waals surface area contributed by atoms with Crippen LogP contribution in [0.25, 0.3) is 0 Å². The maximum atomic E-state index is 12.6. The Hall–Kier alpha value is -1.71. The first-order chi connectivity index (χ1) is 13.7. The van der Waals surface area contributed by atoms with Gasteiger partial charge < -0.3 is 14.2 Å². The molecular formula is C19H24N4O3S2. The molecule has 150 valence electrons. The molecule has 0 unspecified atom stereocenters. The van der Waals surface area contributed by atoms with E-state index in [1.54, 1.807) is 0 Å². The van der Waals surface area contributed by atoms with Gasteiger partial charge in [0.25, 0.3) is 0 Å². The predicted octanol–water partition coefficient (Wildman–Crippen LogP) is 2.61. The molecule has 2 aromatic heterocycles. The normalized spacial score (nSPS) is 17.1. The van der Waals surface area contributed by atoms with E-state index in [-0.39, 0.29) is 11.7 Å². The van der Waals surface area contributed by atoms with Gasteiger partial charge in [-0.3, -0.25) is 9.59 Å². The molecule has 9 heteroatoms. The van der Waals surface area contributed by atoms with E-state index in [0.29, 0.717) is 49.3 Å². The van der Waals surface area contributed by atoms with Crippen LogP contribution in [0.2, 0.25) is 0 Å². The average Bonchev–Trinajstić information content (AvgIpc) is 3.31. The van der Waals surface area contributed by atoms with E-state index < -0.39 is 0 Å². The largest absolute Gasteiger partial charge is 0.378 e. The molecule has 0 bridgehead atoms. The Morgan fingerprint density at radius 1 is 1.25 bits per heavy atom. The molecule has 4 rings (SSSR count). The Bertz CT molecular complexity index is 853. The monoisotopic (exact) mass is 420 g/mol. The first-order valence-electron chi connectivity index (χ1n) is 9.69. The van der Waals surface area contributed by atoms with Gasteiger partial charge in [0.1, 0.15) is 5.82 Å². The lowest BCUT2D eigenvalue weighted by molar-refractivity contribution is -0.134. The molecule has 7 nitrogen and oxygen atoms in total. The highest BCUT2D eigenvalue weighted by atomic mass is 32.2. The number of hydrogen-bond acceptors (Lipinski definition) is 7. The number of Topliss-reactive ketones (excluding diaryl/α,β-unsaturated/α-hetero) is 1. The van der Waals surface area contributed by atoms with Crippen molar-refractivity contribution in [2.45, 2.75) is 43.8 Å².